The molecule has 0 aliphatic heterocycles. The lowest BCUT2D eigenvalue weighted by atomic mass is 9.98. The van der Waals surface area contributed by atoms with Crippen LogP contribution in [0.15, 0.2) is 0 Å². The molecule has 0 rings (SSSR count). The Balaban J connectivity index is 4.97. The van der Waals surface area contributed by atoms with Crippen LogP contribution in [0.1, 0.15) is 138 Å². The summed E-state index contributed by atoms with van der Waals surface area (Å²) in [5, 5.41) is 0. The quantitative estimate of drug-likeness (QED) is 0.0935. The van der Waals surface area contributed by atoms with Crippen LogP contribution < -0.4 is 0 Å². The first-order valence-corrected chi connectivity index (χ1v) is 15.3. The van der Waals surface area contributed by atoms with E-state index in [1.165, 1.54) is 0 Å². The highest BCUT2D eigenvalue weighted by Gasteiger charge is 2.27. The van der Waals surface area contributed by atoms with Crippen LogP contribution in [-0.2, 0) is 28.6 Å². The molecule has 4 atom stereocenters. The second kappa shape index (κ2) is 23.5. The molecular formula is C31H58O6. The van der Waals surface area contributed by atoms with Gasteiger partial charge in [-0.2, -0.15) is 0 Å². The summed E-state index contributed by atoms with van der Waals surface area (Å²) >= 11 is 0. The molecule has 0 aliphatic carbocycles. The number of carbonyl (C=O) groups is 3. The molecule has 0 bridgehead atoms. The maximum atomic E-state index is 13.0. The third-order valence-electron chi connectivity index (χ3n) is 7.49. The Morgan fingerprint density at radius 3 is 1.35 bits per heavy atom. The Kier molecular flexibility index (Phi) is 22.5. The summed E-state index contributed by atoms with van der Waals surface area (Å²) in [5.41, 5.74) is 0. The van der Waals surface area contributed by atoms with E-state index in [4.69, 9.17) is 14.2 Å². The number of hydrogen-bond donors (Lipinski definition) is 0. The molecule has 0 heterocycles. The topological polar surface area (TPSA) is 78.9 Å². The summed E-state index contributed by atoms with van der Waals surface area (Å²) in [6, 6.07) is 0. The molecule has 37 heavy (non-hydrogen) atoms. The smallest absolute Gasteiger partial charge is 0.309 e. The van der Waals surface area contributed by atoms with Crippen LogP contribution in [0.4, 0.5) is 0 Å². The fourth-order valence-corrected chi connectivity index (χ4v) is 4.36. The molecule has 6 heteroatoms. The van der Waals surface area contributed by atoms with Crippen molar-refractivity contribution in [2.45, 2.75) is 138 Å². The number of esters is 3. The maximum absolute atomic E-state index is 13.0. The van der Waals surface area contributed by atoms with E-state index in [2.05, 4.69) is 41.5 Å². The largest absolute Gasteiger partial charge is 0.465 e. The molecule has 0 fully saturated rings. The van der Waals surface area contributed by atoms with Crippen molar-refractivity contribution in [3.63, 3.8) is 0 Å². The van der Waals surface area contributed by atoms with Crippen LogP contribution in [0.3, 0.4) is 0 Å². The first-order chi connectivity index (χ1) is 17.8. The zero-order valence-corrected chi connectivity index (χ0v) is 25.0. The van der Waals surface area contributed by atoms with Gasteiger partial charge in [-0.25, -0.2) is 0 Å². The zero-order chi connectivity index (χ0) is 27.9. The van der Waals surface area contributed by atoms with Gasteiger partial charge < -0.3 is 14.2 Å². The predicted molar refractivity (Wildman–Crippen MR) is 150 cm³/mol. The Morgan fingerprint density at radius 2 is 0.946 bits per heavy atom. The van der Waals surface area contributed by atoms with Crippen molar-refractivity contribution < 1.29 is 28.6 Å². The van der Waals surface area contributed by atoms with E-state index in [-0.39, 0.29) is 25.2 Å². The Labute approximate surface area is 228 Å². The standard InChI is InChI=1S/C31H58O6/c1-7-13-16-25(10-4)22-35-29(32)20-19-28(31(34)37-24-27(12-6)18-15-9-3)21-30(33)36-23-26(11-5)17-14-8-2/h25-28H,7-24H2,1-6H3/t25-,26-,27-,28-/m1/s1. The molecule has 0 aromatic heterocycles. The van der Waals surface area contributed by atoms with Gasteiger partial charge in [0.2, 0.25) is 0 Å². The van der Waals surface area contributed by atoms with E-state index in [1.807, 2.05) is 0 Å². The van der Waals surface area contributed by atoms with Crippen LogP contribution in [0.25, 0.3) is 0 Å². The van der Waals surface area contributed by atoms with E-state index in [1.54, 1.807) is 0 Å². The first-order valence-electron chi connectivity index (χ1n) is 15.3. The summed E-state index contributed by atoms with van der Waals surface area (Å²) < 4.78 is 16.7. The minimum absolute atomic E-state index is 0.0594. The molecule has 0 saturated heterocycles. The normalized spacial score (nSPS) is 14.4. The first kappa shape index (κ1) is 35.4. The van der Waals surface area contributed by atoms with Gasteiger partial charge in [0.25, 0.3) is 0 Å². The van der Waals surface area contributed by atoms with Crippen molar-refractivity contribution in [1.29, 1.82) is 0 Å². The average molecular weight is 527 g/mol. The van der Waals surface area contributed by atoms with E-state index in [0.29, 0.717) is 37.6 Å². The zero-order valence-electron chi connectivity index (χ0n) is 25.0. The maximum Gasteiger partial charge on any atom is 0.309 e. The van der Waals surface area contributed by atoms with Gasteiger partial charge in [0, 0.05) is 6.42 Å². The second-order valence-corrected chi connectivity index (χ2v) is 10.7. The number of rotatable bonds is 24. The molecule has 0 aromatic carbocycles. The summed E-state index contributed by atoms with van der Waals surface area (Å²) in [6.07, 6.45) is 12.9. The van der Waals surface area contributed by atoms with Crippen LogP contribution in [0, 0.1) is 23.7 Å². The van der Waals surface area contributed by atoms with Gasteiger partial charge in [0.15, 0.2) is 0 Å². The van der Waals surface area contributed by atoms with Crippen molar-refractivity contribution in [2.75, 3.05) is 19.8 Å². The molecule has 6 nitrogen and oxygen atoms in total. The van der Waals surface area contributed by atoms with Crippen molar-refractivity contribution >= 4 is 17.9 Å². The number of unbranched alkanes of at least 4 members (excludes halogenated alkanes) is 3. The molecule has 218 valence electrons. The van der Waals surface area contributed by atoms with Gasteiger partial charge in [-0.1, -0.05) is 99.3 Å². The minimum atomic E-state index is -0.693. The molecular weight excluding hydrogens is 468 g/mol. The predicted octanol–water partition coefficient (Wildman–Crippen LogP) is 8.05. The van der Waals surface area contributed by atoms with E-state index in [9.17, 15) is 14.4 Å². The van der Waals surface area contributed by atoms with Crippen LogP contribution in [-0.4, -0.2) is 37.7 Å². The van der Waals surface area contributed by atoms with Crippen LogP contribution in [0.5, 0.6) is 0 Å². The fraction of sp³-hybridized carbons (Fsp3) is 0.903. The van der Waals surface area contributed by atoms with E-state index in [0.717, 1.165) is 77.0 Å². The highest BCUT2D eigenvalue weighted by Crippen LogP contribution is 2.20. The van der Waals surface area contributed by atoms with Crippen molar-refractivity contribution in [3.8, 4) is 0 Å². The second-order valence-electron chi connectivity index (χ2n) is 10.7. The van der Waals surface area contributed by atoms with Crippen molar-refractivity contribution in [2.24, 2.45) is 23.7 Å². The molecule has 0 amide bonds. The average Bonchev–Trinajstić information content (AvgIpc) is 2.91. The summed E-state index contributed by atoms with van der Waals surface area (Å²) in [6.45, 7) is 13.9. The molecule has 0 aliphatic rings. The molecule has 0 N–H and O–H groups in total. The van der Waals surface area contributed by atoms with Crippen molar-refractivity contribution in [3.05, 3.63) is 0 Å². The molecule has 0 saturated carbocycles. The van der Waals surface area contributed by atoms with Crippen LogP contribution >= 0.6 is 0 Å². The fourth-order valence-electron chi connectivity index (χ4n) is 4.36. The number of hydrogen-bond acceptors (Lipinski definition) is 6. The molecule has 0 unspecified atom stereocenters. The monoisotopic (exact) mass is 526 g/mol. The number of ether oxygens (including phenoxy) is 3. The molecule has 0 spiro atoms. The van der Waals surface area contributed by atoms with Crippen molar-refractivity contribution in [1.82, 2.24) is 0 Å². The van der Waals surface area contributed by atoms with E-state index >= 15 is 0 Å². The SMILES string of the molecule is CCCC[C@@H](CC)COC(=O)CC[C@H](CC(=O)OC[C@H](CC)CCCC)C(=O)OC[C@H](CC)CCCC. The lowest BCUT2D eigenvalue weighted by molar-refractivity contribution is -0.158. The molecule has 0 radical (unpaired) electrons. The molecule has 0 aromatic rings. The minimum Gasteiger partial charge on any atom is -0.465 e. The van der Waals surface area contributed by atoms with Crippen LogP contribution in [0.2, 0.25) is 0 Å². The summed E-state index contributed by atoms with van der Waals surface area (Å²) in [5.74, 6) is -0.789. The van der Waals surface area contributed by atoms with Gasteiger partial charge in [-0.3, -0.25) is 14.4 Å². The van der Waals surface area contributed by atoms with Gasteiger partial charge in [-0.15, -0.1) is 0 Å². The Hall–Kier alpha value is -1.59. The van der Waals surface area contributed by atoms with Gasteiger partial charge >= 0.3 is 17.9 Å². The Morgan fingerprint density at radius 1 is 0.541 bits per heavy atom. The highest BCUT2D eigenvalue weighted by atomic mass is 16.5. The lowest BCUT2D eigenvalue weighted by Gasteiger charge is -2.20. The summed E-state index contributed by atoms with van der Waals surface area (Å²) in [7, 11) is 0. The third kappa shape index (κ3) is 18.3. The van der Waals surface area contributed by atoms with Gasteiger partial charge in [0.05, 0.1) is 32.2 Å². The third-order valence-corrected chi connectivity index (χ3v) is 7.49. The highest BCUT2D eigenvalue weighted by molar-refractivity contribution is 5.80. The number of carbonyl (C=O) groups excluding carboxylic acids is 3. The Bertz CT molecular complexity index is 590. The van der Waals surface area contributed by atoms with Gasteiger partial charge in [0.1, 0.15) is 0 Å². The van der Waals surface area contributed by atoms with E-state index < -0.39 is 17.9 Å². The lowest BCUT2D eigenvalue weighted by Crippen LogP contribution is -2.26. The van der Waals surface area contributed by atoms with Gasteiger partial charge in [-0.05, 0) is 43.4 Å². The summed E-state index contributed by atoms with van der Waals surface area (Å²) in [4.78, 5) is 38.1.